The number of terminal acetylenes is 1. The van der Waals surface area contributed by atoms with E-state index in [0.717, 1.165) is 4.90 Å². The van der Waals surface area contributed by atoms with Crippen LogP contribution in [0.3, 0.4) is 0 Å². The van der Waals surface area contributed by atoms with Crippen LogP contribution in [0.25, 0.3) is 0 Å². The van der Waals surface area contributed by atoms with Gasteiger partial charge in [0, 0.05) is 7.05 Å². The molecule has 0 atom stereocenters. The van der Waals surface area contributed by atoms with E-state index < -0.39 is 12.0 Å². The summed E-state index contributed by atoms with van der Waals surface area (Å²) in [7, 11) is 1.37. The first-order chi connectivity index (χ1) is 5.57. The number of likely N-dealkylation sites (N-methyl/N-ethyl adjacent to an activating group) is 1. The summed E-state index contributed by atoms with van der Waals surface area (Å²) >= 11 is 0. The summed E-state index contributed by atoms with van der Waals surface area (Å²) in [4.78, 5) is 22.0. The quantitative estimate of drug-likeness (QED) is 0.553. The topological polar surface area (TPSA) is 69.6 Å². The predicted molar refractivity (Wildman–Crippen MR) is 42.5 cm³/mol. The van der Waals surface area contributed by atoms with Crippen LogP contribution in [0, 0.1) is 12.3 Å². The molecule has 0 heterocycles. The van der Waals surface area contributed by atoms with E-state index in [-0.39, 0.29) is 13.1 Å². The zero-order valence-corrected chi connectivity index (χ0v) is 6.70. The third kappa shape index (κ3) is 4.17. The van der Waals surface area contributed by atoms with Gasteiger partial charge in [-0.15, -0.1) is 6.42 Å². The van der Waals surface area contributed by atoms with Gasteiger partial charge >= 0.3 is 12.0 Å². The molecule has 0 aliphatic carbocycles. The highest BCUT2D eigenvalue weighted by atomic mass is 16.4. The number of carboxylic acid groups (broad SMARTS) is 1. The summed E-state index contributed by atoms with van der Waals surface area (Å²) in [5, 5.41) is 10.6. The average Bonchev–Trinajstić information content (AvgIpc) is 1.98. The number of carboxylic acids is 1. The van der Waals surface area contributed by atoms with Crippen molar-refractivity contribution in [2.24, 2.45) is 0 Å². The Balaban J connectivity index is 3.78. The molecule has 0 radical (unpaired) electrons. The number of nitrogens with one attached hydrogen (secondary N) is 1. The summed E-state index contributed by atoms with van der Waals surface area (Å²) in [6, 6.07) is -0.490. The van der Waals surface area contributed by atoms with Gasteiger partial charge in [-0.2, -0.15) is 0 Å². The number of rotatable bonds is 3. The van der Waals surface area contributed by atoms with Gasteiger partial charge in [0.2, 0.25) is 0 Å². The van der Waals surface area contributed by atoms with E-state index in [4.69, 9.17) is 11.5 Å². The van der Waals surface area contributed by atoms with Crippen molar-refractivity contribution in [2.75, 3.05) is 20.1 Å². The maximum absolute atomic E-state index is 10.9. The first-order valence-corrected chi connectivity index (χ1v) is 3.22. The Bertz CT molecular complexity index is 219. The van der Waals surface area contributed by atoms with E-state index in [1.807, 2.05) is 0 Å². The third-order valence-electron chi connectivity index (χ3n) is 1.06. The van der Waals surface area contributed by atoms with Gasteiger partial charge in [0.1, 0.15) is 6.54 Å². The Hall–Kier alpha value is -1.70. The highest BCUT2D eigenvalue weighted by Gasteiger charge is 2.09. The molecule has 5 heteroatoms. The van der Waals surface area contributed by atoms with Gasteiger partial charge in [0.25, 0.3) is 0 Å². The molecule has 0 rings (SSSR count). The number of nitrogens with zero attached hydrogens (tertiary/aromatic N) is 1. The standard InChI is InChI=1S/C7H10N2O3/c1-3-4-8-7(12)9(2)5-6(10)11/h1H,4-5H2,2H3,(H,8,12)(H,10,11). The van der Waals surface area contributed by atoms with Crippen LogP contribution in [0.1, 0.15) is 0 Å². The number of hydrogen-bond acceptors (Lipinski definition) is 2. The summed E-state index contributed by atoms with van der Waals surface area (Å²) in [6.07, 6.45) is 4.88. The highest BCUT2D eigenvalue weighted by Crippen LogP contribution is 1.82. The SMILES string of the molecule is C#CCNC(=O)N(C)CC(=O)O. The molecule has 0 unspecified atom stereocenters. The second-order valence-electron chi connectivity index (χ2n) is 2.11. The highest BCUT2D eigenvalue weighted by molar-refractivity contribution is 5.79. The molecule has 0 spiro atoms. The van der Waals surface area contributed by atoms with Crippen LogP contribution in [0.5, 0.6) is 0 Å². The van der Waals surface area contributed by atoms with Crippen LogP contribution >= 0.6 is 0 Å². The molecule has 0 aliphatic rings. The maximum atomic E-state index is 10.9. The molecule has 2 N–H and O–H groups in total. The van der Waals surface area contributed by atoms with Crippen LogP contribution in [0.4, 0.5) is 4.79 Å². The lowest BCUT2D eigenvalue weighted by atomic mass is 10.5. The molecule has 2 amide bonds. The summed E-state index contributed by atoms with van der Waals surface area (Å²) in [6.45, 7) is -0.237. The van der Waals surface area contributed by atoms with Crippen molar-refractivity contribution in [3.8, 4) is 12.3 Å². The monoisotopic (exact) mass is 170 g/mol. The maximum Gasteiger partial charge on any atom is 0.323 e. The fraction of sp³-hybridized carbons (Fsp3) is 0.429. The van der Waals surface area contributed by atoms with E-state index >= 15 is 0 Å². The predicted octanol–water partition coefficient (Wildman–Crippen LogP) is -0.654. The normalized spacial score (nSPS) is 8.33. The largest absolute Gasteiger partial charge is 0.480 e. The zero-order valence-electron chi connectivity index (χ0n) is 6.70. The van der Waals surface area contributed by atoms with Crippen molar-refractivity contribution >= 4 is 12.0 Å². The lowest BCUT2D eigenvalue weighted by molar-refractivity contribution is -0.137. The van der Waals surface area contributed by atoms with Crippen LogP contribution in [-0.4, -0.2) is 42.1 Å². The Morgan fingerprint density at radius 2 is 2.25 bits per heavy atom. The van der Waals surface area contributed by atoms with Crippen molar-refractivity contribution in [2.45, 2.75) is 0 Å². The van der Waals surface area contributed by atoms with Crippen molar-refractivity contribution in [1.82, 2.24) is 10.2 Å². The van der Waals surface area contributed by atoms with Gasteiger partial charge in [-0.05, 0) is 0 Å². The van der Waals surface area contributed by atoms with Crippen LogP contribution in [-0.2, 0) is 4.79 Å². The zero-order chi connectivity index (χ0) is 9.56. The van der Waals surface area contributed by atoms with Gasteiger partial charge in [-0.3, -0.25) is 4.79 Å². The first-order valence-electron chi connectivity index (χ1n) is 3.22. The molecule has 5 nitrogen and oxygen atoms in total. The second-order valence-corrected chi connectivity index (χ2v) is 2.11. The Morgan fingerprint density at radius 1 is 1.67 bits per heavy atom. The van der Waals surface area contributed by atoms with E-state index in [2.05, 4.69) is 11.2 Å². The summed E-state index contributed by atoms with van der Waals surface area (Å²) in [5.41, 5.74) is 0. The van der Waals surface area contributed by atoms with Crippen LogP contribution < -0.4 is 5.32 Å². The van der Waals surface area contributed by atoms with Crippen LogP contribution in [0.2, 0.25) is 0 Å². The lowest BCUT2D eigenvalue weighted by Gasteiger charge is -2.13. The Morgan fingerprint density at radius 3 is 2.67 bits per heavy atom. The first kappa shape index (κ1) is 10.3. The molecular weight excluding hydrogens is 160 g/mol. The molecule has 0 aliphatic heterocycles. The third-order valence-corrected chi connectivity index (χ3v) is 1.06. The fourth-order valence-corrected chi connectivity index (χ4v) is 0.536. The number of hydrogen-bond donors (Lipinski definition) is 2. The van der Waals surface area contributed by atoms with Crippen molar-refractivity contribution in [3.05, 3.63) is 0 Å². The summed E-state index contributed by atoms with van der Waals surface area (Å²) < 4.78 is 0. The Labute approximate surface area is 70.4 Å². The molecule has 12 heavy (non-hydrogen) atoms. The minimum Gasteiger partial charge on any atom is -0.480 e. The number of carbonyl (C=O) groups is 2. The lowest BCUT2D eigenvalue weighted by Crippen LogP contribution is -2.40. The number of aliphatic carboxylic acids is 1. The van der Waals surface area contributed by atoms with Crippen molar-refractivity contribution in [1.29, 1.82) is 0 Å². The fourth-order valence-electron chi connectivity index (χ4n) is 0.536. The minimum absolute atomic E-state index is 0.1000. The van der Waals surface area contributed by atoms with Gasteiger partial charge in [0.05, 0.1) is 6.54 Å². The van der Waals surface area contributed by atoms with Crippen molar-refractivity contribution in [3.63, 3.8) is 0 Å². The smallest absolute Gasteiger partial charge is 0.323 e. The van der Waals surface area contributed by atoms with Gasteiger partial charge < -0.3 is 15.3 Å². The average molecular weight is 170 g/mol. The molecule has 0 fully saturated rings. The molecule has 66 valence electrons. The molecule has 0 aromatic heterocycles. The molecular formula is C7H10N2O3. The molecule has 0 saturated heterocycles. The van der Waals surface area contributed by atoms with E-state index in [1.54, 1.807) is 0 Å². The minimum atomic E-state index is -1.06. The van der Waals surface area contributed by atoms with Gasteiger partial charge in [-0.25, -0.2) is 4.79 Å². The van der Waals surface area contributed by atoms with E-state index in [1.165, 1.54) is 7.05 Å². The molecule has 0 aromatic carbocycles. The Kier molecular flexibility index (Phi) is 4.31. The van der Waals surface area contributed by atoms with Gasteiger partial charge in [-0.1, -0.05) is 5.92 Å². The number of amides is 2. The number of urea groups is 1. The van der Waals surface area contributed by atoms with Crippen LogP contribution in [0.15, 0.2) is 0 Å². The summed E-state index contributed by atoms with van der Waals surface area (Å²) in [5.74, 6) is 1.14. The number of carbonyl (C=O) groups excluding carboxylic acids is 1. The van der Waals surface area contributed by atoms with E-state index in [9.17, 15) is 9.59 Å². The van der Waals surface area contributed by atoms with Crippen molar-refractivity contribution < 1.29 is 14.7 Å². The van der Waals surface area contributed by atoms with E-state index in [0.29, 0.717) is 0 Å². The van der Waals surface area contributed by atoms with Gasteiger partial charge in [0.15, 0.2) is 0 Å². The molecule has 0 aromatic rings. The molecule has 0 bridgehead atoms. The molecule has 0 saturated carbocycles. The second kappa shape index (κ2) is 5.02.